The van der Waals surface area contributed by atoms with Crippen molar-refractivity contribution >= 4 is 15.9 Å². The summed E-state index contributed by atoms with van der Waals surface area (Å²) in [5.41, 5.74) is 0. The van der Waals surface area contributed by atoms with Gasteiger partial charge in [-0.3, -0.25) is 9.78 Å². The Kier molecular flexibility index (Phi) is 5.27. The van der Waals surface area contributed by atoms with E-state index < -0.39 is 10.0 Å². The molecule has 1 aliphatic heterocycles. The van der Waals surface area contributed by atoms with Crippen LogP contribution in [0, 0.1) is 0 Å². The van der Waals surface area contributed by atoms with Crippen LogP contribution in [0.5, 0.6) is 0 Å². The fourth-order valence-corrected chi connectivity index (χ4v) is 3.31. The van der Waals surface area contributed by atoms with Crippen molar-refractivity contribution in [3.63, 3.8) is 0 Å². The third kappa shape index (κ3) is 4.23. The number of carbonyl (C=O) groups excluding carboxylic acids is 1. The molecule has 0 aliphatic carbocycles. The molecule has 1 fully saturated rings. The highest BCUT2D eigenvalue weighted by molar-refractivity contribution is 7.89. The number of carbonyl (C=O) groups is 1. The minimum atomic E-state index is -3.68. The molecule has 1 aromatic heterocycles. The van der Waals surface area contributed by atoms with Gasteiger partial charge in [0, 0.05) is 32.0 Å². The Balaban J connectivity index is 1.94. The van der Waals surface area contributed by atoms with Gasteiger partial charge >= 0.3 is 0 Å². The minimum absolute atomic E-state index is 0.0701. The maximum absolute atomic E-state index is 12.3. The fraction of sp³-hybridized carbons (Fsp3) is 0.538. The maximum atomic E-state index is 12.3. The quantitative estimate of drug-likeness (QED) is 0.770. The van der Waals surface area contributed by atoms with Gasteiger partial charge in [-0.2, -0.15) is 4.31 Å². The topological polar surface area (TPSA) is 91.4 Å². The summed E-state index contributed by atoms with van der Waals surface area (Å²) in [4.78, 5) is 15.8. The van der Waals surface area contributed by atoms with E-state index in [1.54, 1.807) is 6.07 Å². The van der Waals surface area contributed by atoms with Gasteiger partial charge in [-0.05, 0) is 31.5 Å². The Morgan fingerprint density at radius 2 is 2.38 bits per heavy atom. The van der Waals surface area contributed by atoms with E-state index in [2.05, 4.69) is 15.6 Å². The number of rotatable bonds is 5. The summed E-state index contributed by atoms with van der Waals surface area (Å²) in [7, 11) is -2.29. The normalized spacial score (nSPS) is 19.4. The highest BCUT2D eigenvalue weighted by atomic mass is 32.2. The molecule has 1 amide bonds. The maximum Gasteiger partial charge on any atom is 0.244 e. The molecule has 21 heavy (non-hydrogen) atoms. The number of likely N-dealkylation sites (N-methyl/N-ethyl adjacent to an activating group) is 1. The average molecular weight is 312 g/mol. The number of hydrogen-bond acceptors (Lipinski definition) is 5. The predicted octanol–water partition coefficient (Wildman–Crippen LogP) is -0.430. The van der Waals surface area contributed by atoms with Crippen LogP contribution in [-0.4, -0.2) is 56.3 Å². The first-order valence-corrected chi connectivity index (χ1v) is 8.30. The van der Waals surface area contributed by atoms with Crippen LogP contribution in [0.3, 0.4) is 0 Å². The van der Waals surface area contributed by atoms with Crippen LogP contribution in [0.25, 0.3) is 0 Å². The molecule has 1 atom stereocenters. The average Bonchev–Trinajstić information content (AvgIpc) is 2.49. The van der Waals surface area contributed by atoms with Gasteiger partial charge < -0.3 is 10.6 Å². The number of piperidine rings is 1. The summed E-state index contributed by atoms with van der Waals surface area (Å²) in [6.45, 7) is 1.49. The van der Waals surface area contributed by atoms with Gasteiger partial charge in [0.25, 0.3) is 0 Å². The van der Waals surface area contributed by atoms with Crippen molar-refractivity contribution in [1.29, 1.82) is 0 Å². The molecule has 2 rings (SSSR count). The van der Waals surface area contributed by atoms with Gasteiger partial charge in [0.05, 0.1) is 6.54 Å². The summed E-state index contributed by atoms with van der Waals surface area (Å²) in [5, 5.41) is 6.04. The first kappa shape index (κ1) is 15.9. The third-order valence-corrected chi connectivity index (χ3v) is 5.16. The molecule has 0 radical (unpaired) electrons. The van der Waals surface area contributed by atoms with E-state index in [1.807, 2.05) is 0 Å². The number of nitrogens with zero attached hydrogens (tertiary/aromatic N) is 2. The molecule has 2 heterocycles. The summed E-state index contributed by atoms with van der Waals surface area (Å²) < 4.78 is 25.5. The largest absolute Gasteiger partial charge is 0.351 e. The van der Waals surface area contributed by atoms with E-state index in [4.69, 9.17) is 0 Å². The molecule has 0 bridgehead atoms. The van der Waals surface area contributed by atoms with Gasteiger partial charge in [-0.15, -0.1) is 0 Å². The van der Waals surface area contributed by atoms with E-state index in [-0.39, 0.29) is 23.4 Å². The smallest absolute Gasteiger partial charge is 0.244 e. The molecule has 1 saturated heterocycles. The molecule has 1 aromatic rings. The molecule has 2 N–H and O–H groups in total. The van der Waals surface area contributed by atoms with Crippen LogP contribution in [0.2, 0.25) is 0 Å². The second kappa shape index (κ2) is 6.97. The van der Waals surface area contributed by atoms with E-state index in [0.29, 0.717) is 0 Å². The number of pyridine rings is 1. The molecular formula is C13H20N4O3S. The van der Waals surface area contributed by atoms with Gasteiger partial charge in [-0.25, -0.2) is 8.42 Å². The van der Waals surface area contributed by atoms with E-state index >= 15 is 0 Å². The first-order valence-electron chi connectivity index (χ1n) is 6.86. The lowest BCUT2D eigenvalue weighted by Gasteiger charge is -2.25. The van der Waals surface area contributed by atoms with Crippen LogP contribution in [-0.2, 0) is 14.8 Å². The zero-order chi connectivity index (χ0) is 15.3. The van der Waals surface area contributed by atoms with E-state index in [1.165, 1.54) is 25.5 Å². The minimum Gasteiger partial charge on any atom is -0.351 e. The van der Waals surface area contributed by atoms with Crippen molar-refractivity contribution in [3.8, 4) is 0 Å². The summed E-state index contributed by atoms with van der Waals surface area (Å²) >= 11 is 0. The lowest BCUT2D eigenvalue weighted by atomic mass is 10.1. The van der Waals surface area contributed by atoms with Crippen molar-refractivity contribution in [1.82, 2.24) is 19.9 Å². The molecule has 0 spiro atoms. The molecule has 1 aliphatic rings. The zero-order valence-corrected chi connectivity index (χ0v) is 12.8. The Morgan fingerprint density at radius 3 is 3.00 bits per heavy atom. The molecule has 1 unspecified atom stereocenters. The second-order valence-corrected chi connectivity index (χ2v) is 7.11. The van der Waals surface area contributed by atoms with Crippen molar-refractivity contribution < 1.29 is 13.2 Å². The first-order chi connectivity index (χ1) is 10.00. The summed E-state index contributed by atoms with van der Waals surface area (Å²) in [6, 6.07) is 3.08. The summed E-state index contributed by atoms with van der Waals surface area (Å²) in [6.07, 6.45) is 4.70. The van der Waals surface area contributed by atoms with Crippen molar-refractivity contribution in [2.45, 2.75) is 23.8 Å². The number of amides is 1. The Morgan fingerprint density at radius 1 is 1.57 bits per heavy atom. The number of aromatic nitrogens is 1. The van der Waals surface area contributed by atoms with Gasteiger partial charge in [0.15, 0.2) is 0 Å². The molecule has 8 heteroatoms. The summed E-state index contributed by atoms with van der Waals surface area (Å²) in [5.74, 6) is -0.293. The Hall–Kier alpha value is -1.51. The highest BCUT2D eigenvalue weighted by Crippen LogP contribution is 2.11. The van der Waals surface area contributed by atoms with Gasteiger partial charge in [-0.1, -0.05) is 0 Å². The molecule has 0 saturated carbocycles. The predicted molar refractivity (Wildman–Crippen MR) is 78.1 cm³/mol. The number of nitrogens with one attached hydrogen (secondary N) is 2. The van der Waals surface area contributed by atoms with Crippen LogP contribution in [0.4, 0.5) is 0 Å². The third-order valence-electron chi connectivity index (χ3n) is 3.37. The second-order valence-electron chi connectivity index (χ2n) is 5.06. The van der Waals surface area contributed by atoms with Crippen LogP contribution in [0.1, 0.15) is 12.8 Å². The van der Waals surface area contributed by atoms with E-state index in [9.17, 15) is 13.2 Å². The van der Waals surface area contributed by atoms with Gasteiger partial charge in [0.1, 0.15) is 4.90 Å². The molecular weight excluding hydrogens is 292 g/mol. The van der Waals surface area contributed by atoms with Crippen molar-refractivity contribution in [2.75, 3.05) is 26.7 Å². The number of hydrogen-bond donors (Lipinski definition) is 2. The van der Waals surface area contributed by atoms with Crippen LogP contribution in [0.15, 0.2) is 29.4 Å². The van der Waals surface area contributed by atoms with Crippen LogP contribution >= 0.6 is 0 Å². The lowest BCUT2D eigenvalue weighted by molar-refractivity contribution is -0.121. The van der Waals surface area contributed by atoms with Crippen molar-refractivity contribution in [3.05, 3.63) is 24.5 Å². The van der Waals surface area contributed by atoms with Gasteiger partial charge in [0.2, 0.25) is 15.9 Å². The Bertz CT molecular complexity index is 570. The monoisotopic (exact) mass is 312 g/mol. The van der Waals surface area contributed by atoms with Crippen LogP contribution < -0.4 is 10.6 Å². The SMILES string of the molecule is CN(CC(=O)NC1CCCNC1)S(=O)(=O)c1cccnc1. The molecule has 116 valence electrons. The Labute approximate surface area is 124 Å². The zero-order valence-electron chi connectivity index (χ0n) is 11.9. The standard InChI is InChI=1S/C13H20N4O3S/c1-17(21(19,20)12-5-3-7-15-9-12)10-13(18)16-11-4-2-6-14-8-11/h3,5,7,9,11,14H,2,4,6,8,10H2,1H3,(H,16,18). The van der Waals surface area contributed by atoms with E-state index in [0.717, 1.165) is 30.2 Å². The highest BCUT2D eigenvalue weighted by Gasteiger charge is 2.24. The number of sulfonamides is 1. The molecule has 7 nitrogen and oxygen atoms in total. The fourth-order valence-electron chi connectivity index (χ4n) is 2.22. The molecule has 0 aromatic carbocycles. The lowest BCUT2D eigenvalue weighted by Crippen LogP contribution is -2.48. The van der Waals surface area contributed by atoms with Crippen molar-refractivity contribution in [2.24, 2.45) is 0 Å².